The molecule has 0 heterocycles. The lowest BCUT2D eigenvalue weighted by atomic mass is 10.3. The van der Waals surface area contributed by atoms with Gasteiger partial charge in [0.15, 0.2) is 6.73 Å². The number of benzene rings is 1. The van der Waals surface area contributed by atoms with Crippen molar-refractivity contribution in [3.05, 3.63) is 24.3 Å². The van der Waals surface area contributed by atoms with Crippen LogP contribution in [0.15, 0.2) is 24.3 Å². The molecule has 1 aromatic carbocycles. The van der Waals surface area contributed by atoms with Gasteiger partial charge in [0.2, 0.25) is 0 Å². The summed E-state index contributed by atoms with van der Waals surface area (Å²) >= 11 is 0. The topological polar surface area (TPSA) is 79.5 Å². The van der Waals surface area contributed by atoms with Crippen LogP contribution in [0.3, 0.4) is 0 Å². The van der Waals surface area contributed by atoms with Crippen LogP contribution < -0.4 is 21.5 Å². The minimum absolute atomic E-state index is 0.215. The number of phenolic OH excluding ortho intramolecular Hbond substituents is 1. The van der Waals surface area contributed by atoms with Gasteiger partial charge in [0, 0.05) is 0 Å². The van der Waals surface area contributed by atoms with E-state index in [0.29, 0.717) is 5.75 Å². The molecule has 0 bridgehead atoms. The molecule has 0 amide bonds. The number of rotatable bonds is 4. The molecule has 0 aliphatic rings. The summed E-state index contributed by atoms with van der Waals surface area (Å²) in [5, 5.41) is 8.92. The summed E-state index contributed by atoms with van der Waals surface area (Å²) in [7, 11) is 0. The number of ether oxygens (including phenoxy) is 1. The molecule has 0 saturated heterocycles. The first kappa shape index (κ1) is 8.79. The third kappa shape index (κ3) is 2.75. The Hall–Kier alpha value is -1.30. The van der Waals surface area contributed by atoms with E-state index in [2.05, 4.69) is 11.0 Å². The Morgan fingerprint density at radius 2 is 2.00 bits per heavy atom. The van der Waals surface area contributed by atoms with Crippen molar-refractivity contribution in [1.82, 2.24) is 11.0 Å². The summed E-state index contributed by atoms with van der Waals surface area (Å²) < 4.78 is 5.14. The monoisotopic (exact) mass is 169 g/mol. The van der Waals surface area contributed by atoms with Crippen LogP contribution in [-0.4, -0.2) is 11.8 Å². The van der Waals surface area contributed by atoms with Crippen LogP contribution in [-0.2, 0) is 0 Å². The first-order valence-corrected chi connectivity index (χ1v) is 3.43. The van der Waals surface area contributed by atoms with E-state index in [-0.39, 0.29) is 12.5 Å². The van der Waals surface area contributed by atoms with E-state index in [1.165, 1.54) is 0 Å². The number of hydrazine groups is 2. The van der Waals surface area contributed by atoms with E-state index in [0.717, 1.165) is 0 Å². The van der Waals surface area contributed by atoms with Crippen molar-refractivity contribution in [2.24, 2.45) is 5.84 Å². The smallest absolute Gasteiger partial charge is 0.152 e. The summed E-state index contributed by atoms with van der Waals surface area (Å²) in [4.78, 5) is 0. The Labute approximate surface area is 70.1 Å². The highest BCUT2D eigenvalue weighted by Gasteiger charge is 1.91. The highest BCUT2D eigenvalue weighted by Crippen LogP contribution is 2.15. The fourth-order valence-electron chi connectivity index (χ4n) is 0.703. The molecule has 5 nitrogen and oxygen atoms in total. The molecular formula is C7H11N3O2. The van der Waals surface area contributed by atoms with E-state index in [1.54, 1.807) is 24.3 Å². The predicted molar refractivity (Wildman–Crippen MR) is 44.1 cm³/mol. The molecule has 1 rings (SSSR count). The summed E-state index contributed by atoms with van der Waals surface area (Å²) in [6.45, 7) is 0.265. The first-order chi connectivity index (χ1) is 5.83. The Morgan fingerprint density at radius 1 is 1.33 bits per heavy atom. The van der Waals surface area contributed by atoms with Crippen LogP contribution in [0.1, 0.15) is 0 Å². The minimum Gasteiger partial charge on any atom is -0.508 e. The molecule has 5 heteroatoms. The van der Waals surface area contributed by atoms with Crippen molar-refractivity contribution >= 4 is 0 Å². The van der Waals surface area contributed by atoms with Crippen molar-refractivity contribution in [1.29, 1.82) is 0 Å². The van der Waals surface area contributed by atoms with E-state index < -0.39 is 0 Å². The minimum atomic E-state index is 0.215. The molecule has 0 aliphatic carbocycles. The molecule has 5 N–H and O–H groups in total. The van der Waals surface area contributed by atoms with Gasteiger partial charge in [0.05, 0.1) is 0 Å². The lowest BCUT2D eigenvalue weighted by molar-refractivity contribution is 0.261. The fraction of sp³-hybridized carbons (Fsp3) is 0.143. The molecule has 0 spiro atoms. The van der Waals surface area contributed by atoms with Gasteiger partial charge < -0.3 is 9.84 Å². The third-order valence-corrected chi connectivity index (χ3v) is 1.25. The van der Waals surface area contributed by atoms with Crippen molar-refractivity contribution in [2.75, 3.05) is 6.73 Å². The van der Waals surface area contributed by atoms with Crippen LogP contribution >= 0.6 is 0 Å². The molecule has 0 fully saturated rings. The quantitative estimate of drug-likeness (QED) is 0.215. The number of aromatic hydroxyl groups is 1. The predicted octanol–water partition coefficient (Wildman–Crippen LogP) is -0.304. The Kier molecular flexibility index (Phi) is 3.34. The SMILES string of the molecule is NNNCOc1ccc(O)cc1. The zero-order valence-electron chi connectivity index (χ0n) is 6.45. The van der Waals surface area contributed by atoms with Crippen LogP contribution in [0.25, 0.3) is 0 Å². The maximum Gasteiger partial charge on any atom is 0.152 e. The Balaban J connectivity index is 2.37. The molecule has 1 aromatic rings. The molecule has 0 radical (unpaired) electrons. The molecule has 12 heavy (non-hydrogen) atoms. The number of nitrogens with two attached hydrogens (primary N) is 1. The average molecular weight is 169 g/mol. The highest BCUT2D eigenvalue weighted by molar-refractivity contribution is 5.29. The van der Waals surface area contributed by atoms with Gasteiger partial charge in [-0.2, -0.15) is 5.53 Å². The van der Waals surface area contributed by atoms with Gasteiger partial charge in [-0.05, 0) is 24.3 Å². The summed E-state index contributed by atoms with van der Waals surface area (Å²) in [6, 6.07) is 6.41. The standard InChI is InChI=1S/C7H11N3O2/c8-10-9-5-12-7-3-1-6(11)2-4-7/h1-4,9-11H,5,8H2. The van der Waals surface area contributed by atoms with Crippen LogP contribution in [0.2, 0.25) is 0 Å². The van der Waals surface area contributed by atoms with Gasteiger partial charge in [-0.1, -0.05) is 0 Å². The van der Waals surface area contributed by atoms with Gasteiger partial charge in [0.25, 0.3) is 0 Å². The summed E-state index contributed by atoms with van der Waals surface area (Å²) in [5.74, 6) is 5.81. The number of nitrogens with one attached hydrogen (secondary N) is 2. The second-order valence-corrected chi connectivity index (χ2v) is 2.10. The molecular weight excluding hydrogens is 158 g/mol. The number of hydrogen-bond acceptors (Lipinski definition) is 5. The van der Waals surface area contributed by atoms with Crippen molar-refractivity contribution < 1.29 is 9.84 Å². The lowest BCUT2D eigenvalue weighted by Crippen LogP contribution is -2.40. The zero-order chi connectivity index (χ0) is 8.81. The average Bonchev–Trinajstić information content (AvgIpc) is 2.09. The first-order valence-electron chi connectivity index (χ1n) is 3.43. The van der Waals surface area contributed by atoms with Crippen LogP contribution in [0.4, 0.5) is 0 Å². The molecule has 66 valence electrons. The molecule has 0 unspecified atom stereocenters. The molecule has 0 aromatic heterocycles. The number of hydrogen-bond donors (Lipinski definition) is 4. The second-order valence-electron chi connectivity index (χ2n) is 2.10. The fourth-order valence-corrected chi connectivity index (χ4v) is 0.703. The van der Waals surface area contributed by atoms with Crippen LogP contribution in [0.5, 0.6) is 11.5 Å². The van der Waals surface area contributed by atoms with E-state index in [1.807, 2.05) is 0 Å². The molecule has 0 atom stereocenters. The summed E-state index contributed by atoms with van der Waals surface area (Å²) in [6.07, 6.45) is 0. The van der Waals surface area contributed by atoms with Crippen molar-refractivity contribution in [3.8, 4) is 11.5 Å². The van der Waals surface area contributed by atoms with E-state index in [4.69, 9.17) is 15.7 Å². The van der Waals surface area contributed by atoms with Crippen molar-refractivity contribution in [3.63, 3.8) is 0 Å². The Morgan fingerprint density at radius 3 is 2.58 bits per heavy atom. The zero-order valence-corrected chi connectivity index (χ0v) is 6.45. The largest absolute Gasteiger partial charge is 0.508 e. The van der Waals surface area contributed by atoms with Gasteiger partial charge in [-0.25, -0.2) is 5.43 Å². The maximum atomic E-state index is 8.92. The molecule has 0 aliphatic heterocycles. The van der Waals surface area contributed by atoms with Gasteiger partial charge in [-0.15, -0.1) is 0 Å². The lowest BCUT2D eigenvalue weighted by Gasteiger charge is -2.05. The van der Waals surface area contributed by atoms with Gasteiger partial charge >= 0.3 is 0 Å². The second kappa shape index (κ2) is 4.55. The van der Waals surface area contributed by atoms with Crippen LogP contribution in [0, 0.1) is 0 Å². The molecule has 0 saturated carbocycles. The number of phenols is 1. The van der Waals surface area contributed by atoms with Gasteiger partial charge in [-0.3, -0.25) is 5.84 Å². The third-order valence-electron chi connectivity index (χ3n) is 1.25. The highest BCUT2D eigenvalue weighted by atomic mass is 16.5. The van der Waals surface area contributed by atoms with Crippen molar-refractivity contribution in [2.45, 2.75) is 0 Å². The van der Waals surface area contributed by atoms with E-state index >= 15 is 0 Å². The normalized spacial score (nSPS) is 9.75. The Bertz CT molecular complexity index is 225. The van der Waals surface area contributed by atoms with E-state index in [9.17, 15) is 0 Å². The van der Waals surface area contributed by atoms with Gasteiger partial charge in [0.1, 0.15) is 11.5 Å². The maximum absolute atomic E-state index is 8.92. The summed E-state index contributed by atoms with van der Waals surface area (Å²) in [5.41, 5.74) is 4.78.